The molecule has 1 aliphatic rings. The van der Waals surface area contributed by atoms with E-state index in [-0.39, 0.29) is 0 Å². The van der Waals surface area contributed by atoms with Crippen LogP contribution < -0.4 is 0 Å². The number of hydrogen-bond acceptors (Lipinski definition) is 5. The fourth-order valence-corrected chi connectivity index (χ4v) is 1.70. The van der Waals surface area contributed by atoms with E-state index < -0.39 is 0 Å². The molecule has 1 aliphatic carbocycles. The molecule has 0 aliphatic heterocycles. The fraction of sp³-hybridized carbons (Fsp3) is 0.333. The Morgan fingerprint density at radius 3 is 2.88 bits per heavy atom. The molecule has 5 nitrogen and oxygen atoms in total. The molecule has 3 rings (SSSR count). The van der Waals surface area contributed by atoms with Crippen LogP contribution in [0, 0.1) is 18.3 Å². The van der Waals surface area contributed by atoms with Gasteiger partial charge >= 0.3 is 0 Å². The molecule has 0 bridgehead atoms. The van der Waals surface area contributed by atoms with Gasteiger partial charge in [0.25, 0.3) is 0 Å². The summed E-state index contributed by atoms with van der Waals surface area (Å²) in [4.78, 5) is 8.43. The number of nitriles is 1. The van der Waals surface area contributed by atoms with Crippen molar-refractivity contribution in [2.45, 2.75) is 25.7 Å². The third kappa shape index (κ3) is 1.89. The van der Waals surface area contributed by atoms with Crippen LogP contribution in [0.1, 0.15) is 36.0 Å². The Labute approximate surface area is 98.1 Å². The monoisotopic (exact) mass is 226 g/mol. The molecule has 2 aromatic rings. The van der Waals surface area contributed by atoms with Gasteiger partial charge < -0.3 is 4.52 Å². The Balaban J connectivity index is 2.01. The molecular weight excluding hydrogens is 216 g/mol. The summed E-state index contributed by atoms with van der Waals surface area (Å²) in [5, 5.41) is 12.8. The lowest BCUT2D eigenvalue weighted by Crippen LogP contribution is -1.90. The van der Waals surface area contributed by atoms with Crippen molar-refractivity contribution in [2.75, 3.05) is 0 Å². The van der Waals surface area contributed by atoms with E-state index in [0.29, 0.717) is 23.3 Å². The van der Waals surface area contributed by atoms with E-state index in [1.54, 1.807) is 6.07 Å². The number of nitrogens with zero attached hydrogens (tertiary/aromatic N) is 4. The highest BCUT2D eigenvalue weighted by Gasteiger charge is 2.29. The highest BCUT2D eigenvalue weighted by atomic mass is 16.5. The first-order valence-electron chi connectivity index (χ1n) is 5.49. The zero-order valence-electron chi connectivity index (χ0n) is 9.34. The van der Waals surface area contributed by atoms with Crippen LogP contribution in [0.4, 0.5) is 0 Å². The van der Waals surface area contributed by atoms with Crippen LogP contribution in [0.5, 0.6) is 0 Å². The molecule has 2 heterocycles. The van der Waals surface area contributed by atoms with Crippen LogP contribution >= 0.6 is 0 Å². The summed E-state index contributed by atoms with van der Waals surface area (Å²) < 4.78 is 5.19. The third-order valence-electron chi connectivity index (χ3n) is 2.69. The second-order valence-corrected chi connectivity index (χ2v) is 4.22. The molecule has 5 heteroatoms. The molecule has 0 amide bonds. The van der Waals surface area contributed by atoms with Crippen molar-refractivity contribution in [3.63, 3.8) is 0 Å². The van der Waals surface area contributed by atoms with Gasteiger partial charge in [-0.05, 0) is 31.9 Å². The SMILES string of the molecule is Cc1cc(-c2noc(C3CC3)n2)cc(C#N)n1. The lowest BCUT2D eigenvalue weighted by molar-refractivity contribution is 0.380. The van der Waals surface area contributed by atoms with E-state index in [1.165, 1.54) is 0 Å². The van der Waals surface area contributed by atoms with Crippen molar-refractivity contribution in [3.05, 3.63) is 29.4 Å². The molecule has 0 unspecified atom stereocenters. The molecule has 2 aromatic heterocycles. The minimum Gasteiger partial charge on any atom is -0.339 e. The van der Waals surface area contributed by atoms with E-state index in [2.05, 4.69) is 15.1 Å². The third-order valence-corrected chi connectivity index (χ3v) is 2.69. The summed E-state index contributed by atoms with van der Waals surface area (Å²) >= 11 is 0. The molecule has 0 radical (unpaired) electrons. The van der Waals surface area contributed by atoms with Crippen molar-refractivity contribution in [3.8, 4) is 17.5 Å². The smallest absolute Gasteiger partial charge is 0.230 e. The minimum atomic E-state index is 0.373. The molecule has 1 fully saturated rings. The van der Waals surface area contributed by atoms with E-state index >= 15 is 0 Å². The minimum absolute atomic E-state index is 0.373. The first-order valence-corrected chi connectivity index (χ1v) is 5.49. The van der Waals surface area contributed by atoms with Gasteiger partial charge in [-0.3, -0.25) is 0 Å². The maximum Gasteiger partial charge on any atom is 0.230 e. The molecule has 0 aromatic carbocycles. The normalized spacial score (nSPS) is 14.6. The van der Waals surface area contributed by atoms with Crippen LogP contribution in [0.25, 0.3) is 11.4 Å². The Bertz CT molecular complexity index is 607. The standard InChI is InChI=1S/C12H10N4O/c1-7-4-9(5-10(6-13)14-7)11-15-12(17-16-11)8-2-3-8/h4-5,8H,2-3H2,1H3. The molecule has 0 N–H and O–H groups in total. The summed E-state index contributed by atoms with van der Waals surface area (Å²) in [6, 6.07) is 5.55. The summed E-state index contributed by atoms with van der Waals surface area (Å²) in [5.41, 5.74) is 1.93. The number of pyridine rings is 1. The van der Waals surface area contributed by atoms with Gasteiger partial charge in [0.1, 0.15) is 11.8 Å². The van der Waals surface area contributed by atoms with E-state index in [1.807, 2.05) is 19.1 Å². The molecule has 0 atom stereocenters. The molecule has 0 spiro atoms. The summed E-state index contributed by atoms with van der Waals surface area (Å²) in [5.74, 6) is 1.68. The maximum absolute atomic E-state index is 8.86. The summed E-state index contributed by atoms with van der Waals surface area (Å²) in [7, 11) is 0. The van der Waals surface area contributed by atoms with Gasteiger partial charge in [0.2, 0.25) is 11.7 Å². The van der Waals surface area contributed by atoms with E-state index in [4.69, 9.17) is 9.78 Å². The van der Waals surface area contributed by atoms with Gasteiger partial charge in [0.15, 0.2) is 0 Å². The molecular formula is C12H10N4O. The lowest BCUT2D eigenvalue weighted by Gasteiger charge is -1.97. The van der Waals surface area contributed by atoms with Crippen molar-refractivity contribution >= 4 is 0 Å². The predicted octanol–water partition coefficient (Wildman–Crippen LogP) is 2.19. The average molecular weight is 226 g/mol. The van der Waals surface area contributed by atoms with Crippen molar-refractivity contribution < 1.29 is 4.52 Å². The average Bonchev–Trinajstić information content (AvgIpc) is 3.06. The van der Waals surface area contributed by atoms with Gasteiger partial charge in [0, 0.05) is 17.2 Å². The molecule has 17 heavy (non-hydrogen) atoms. The van der Waals surface area contributed by atoms with Gasteiger partial charge in [-0.15, -0.1) is 0 Å². The van der Waals surface area contributed by atoms with Crippen molar-refractivity contribution in [1.82, 2.24) is 15.1 Å². The quantitative estimate of drug-likeness (QED) is 0.784. The number of rotatable bonds is 2. The fourth-order valence-electron chi connectivity index (χ4n) is 1.70. The first kappa shape index (κ1) is 9.97. The van der Waals surface area contributed by atoms with Crippen LogP contribution in [0.15, 0.2) is 16.7 Å². The van der Waals surface area contributed by atoms with Gasteiger partial charge in [-0.25, -0.2) is 4.98 Å². The van der Waals surface area contributed by atoms with Crippen LogP contribution in [-0.4, -0.2) is 15.1 Å². The molecule has 0 saturated heterocycles. The maximum atomic E-state index is 8.86. The van der Waals surface area contributed by atoms with Crippen LogP contribution in [0.3, 0.4) is 0 Å². The van der Waals surface area contributed by atoms with Crippen molar-refractivity contribution in [1.29, 1.82) is 5.26 Å². The summed E-state index contributed by atoms with van der Waals surface area (Å²) in [6.45, 7) is 1.84. The first-order chi connectivity index (χ1) is 8.26. The predicted molar refractivity (Wildman–Crippen MR) is 59.0 cm³/mol. The Kier molecular flexibility index (Phi) is 2.15. The lowest BCUT2D eigenvalue weighted by atomic mass is 10.2. The number of aryl methyl sites for hydroxylation is 1. The molecule has 84 valence electrons. The highest BCUT2D eigenvalue weighted by molar-refractivity contribution is 5.56. The zero-order chi connectivity index (χ0) is 11.8. The van der Waals surface area contributed by atoms with E-state index in [9.17, 15) is 0 Å². The second kappa shape index (κ2) is 3.67. The second-order valence-electron chi connectivity index (χ2n) is 4.22. The van der Waals surface area contributed by atoms with Crippen LogP contribution in [0.2, 0.25) is 0 Å². The van der Waals surface area contributed by atoms with Gasteiger partial charge in [-0.2, -0.15) is 10.2 Å². The summed E-state index contributed by atoms with van der Waals surface area (Å²) in [6.07, 6.45) is 2.25. The number of hydrogen-bond donors (Lipinski definition) is 0. The van der Waals surface area contributed by atoms with E-state index in [0.717, 1.165) is 24.1 Å². The van der Waals surface area contributed by atoms with Crippen LogP contribution in [-0.2, 0) is 0 Å². The highest BCUT2D eigenvalue weighted by Crippen LogP contribution is 2.39. The van der Waals surface area contributed by atoms with Crippen molar-refractivity contribution in [2.24, 2.45) is 0 Å². The topological polar surface area (TPSA) is 75.6 Å². The van der Waals surface area contributed by atoms with Gasteiger partial charge in [-0.1, -0.05) is 5.16 Å². The Morgan fingerprint density at radius 2 is 2.18 bits per heavy atom. The number of aromatic nitrogens is 3. The van der Waals surface area contributed by atoms with Gasteiger partial charge in [0.05, 0.1) is 0 Å². The largest absolute Gasteiger partial charge is 0.339 e. The zero-order valence-corrected chi connectivity index (χ0v) is 9.34. The molecule has 1 saturated carbocycles. The Hall–Kier alpha value is -2.22. The Morgan fingerprint density at radius 1 is 1.35 bits per heavy atom.